The monoisotopic (exact) mass is 458 g/mol. The van der Waals surface area contributed by atoms with Gasteiger partial charge in [0.25, 0.3) is 0 Å². The number of hydrogen-bond donors (Lipinski definition) is 0. The summed E-state index contributed by atoms with van der Waals surface area (Å²) in [6, 6.07) is 4.31. The van der Waals surface area contributed by atoms with E-state index in [1.54, 1.807) is 18.4 Å². The fourth-order valence-corrected chi connectivity index (χ4v) is 6.63. The number of hydrogen-bond acceptors (Lipinski definition) is 7. The summed E-state index contributed by atoms with van der Waals surface area (Å²) in [5.74, 6) is 2.32. The molecule has 0 radical (unpaired) electrons. The van der Waals surface area contributed by atoms with Crippen LogP contribution in [0.1, 0.15) is 54.5 Å². The molecule has 31 heavy (non-hydrogen) atoms. The van der Waals surface area contributed by atoms with Crippen LogP contribution in [0, 0.1) is 0 Å². The van der Waals surface area contributed by atoms with Crippen LogP contribution in [-0.4, -0.2) is 49.1 Å². The number of allylic oxidation sites excluding steroid dienone is 1. The van der Waals surface area contributed by atoms with Crippen molar-refractivity contribution in [3.63, 3.8) is 0 Å². The number of methoxy groups -OCH3 is 1. The van der Waals surface area contributed by atoms with Gasteiger partial charge in [-0.3, -0.25) is 0 Å². The largest absolute Gasteiger partial charge is 0.494 e. The van der Waals surface area contributed by atoms with Crippen LogP contribution in [0.25, 0.3) is 10.2 Å². The Morgan fingerprint density at radius 3 is 2.71 bits per heavy atom. The molecule has 3 atom stereocenters. The van der Waals surface area contributed by atoms with Crippen LogP contribution >= 0.6 is 11.3 Å². The number of aromatic nitrogens is 3. The minimum Gasteiger partial charge on any atom is -0.494 e. The molecule has 5 rings (SSSR count). The van der Waals surface area contributed by atoms with Gasteiger partial charge >= 0.3 is 0 Å². The van der Waals surface area contributed by atoms with Crippen LogP contribution < -0.4 is 4.74 Å². The maximum Gasteiger partial charge on any atom is 0.223 e. The van der Waals surface area contributed by atoms with Crippen molar-refractivity contribution in [2.75, 3.05) is 20.2 Å². The van der Waals surface area contributed by atoms with Gasteiger partial charge in [0, 0.05) is 25.4 Å². The zero-order valence-electron chi connectivity index (χ0n) is 17.7. The molecule has 1 aromatic carbocycles. The molecule has 1 saturated heterocycles. The summed E-state index contributed by atoms with van der Waals surface area (Å²) < 4.78 is 27.1. The highest BCUT2D eigenvalue weighted by Crippen LogP contribution is 2.38. The van der Waals surface area contributed by atoms with Crippen LogP contribution in [0.3, 0.4) is 0 Å². The quantitative estimate of drug-likeness (QED) is 0.498. The number of aryl methyl sites for hydroxylation is 1. The van der Waals surface area contributed by atoms with Gasteiger partial charge in [-0.1, -0.05) is 19.1 Å². The summed E-state index contributed by atoms with van der Waals surface area (Å²) in [4.78, 5) is 4.77. The molecule has 1 fully saturated rings. The average molecular weight is 459 g/mol. The van der Waals surface area contributed by atoms with Crippen molar-refractivity contribution < 1.29 is 13.4 Å². The first-order valence-corrected chi connectivity index (χ1v) is 12.8. The number of ether oxygens (including phenoxy) is 1. The lowest BCUT2D eigenvalue weighted by molar-refractivity contribution is 0.325. The third kappa shape index (κ3) is 4.18. The molecule has 164 valence electrons. The normalized spacial score (nSPS) is 22.5. The highest BCUT2D eigenvalue weighted by molar-refractivity contribution is 7.83. The first kappa shape index (κ1) is 20.8. The molecule has 0 bridgehead atoms. The Bertz CT molecular complexity index is 1140. The van der Waals surface area contributed by atoms with Crippen molar-refractivity contribution in [3.8, 4) is 5.75 Å². The average Bonchev–Trinajstić information content (AvgIpc) is 3.38. The summed E-state index contributed by atoms with van der Waals surface area (Å²) in [5.41, 5.74) is 2.09. The number of benzene rings is 1. The smallest absolute Gasteiger partial charge is 0.223 e. The van der Waals surface area contributed by atoms with Crippen LogP contribution in [-0.2, 0) is 23.8 Å². The molecule has 0 N–H and O–H groups in total. The zero-order valence-corrected chi connectivity index (χ0v) is 19.4. The molecule has 1 aliphatic heterocycles. The highest BCUT2D eigenvalue weighted by Gasteiger charge is 2.29. The second-order valence-electron chi connectivity index (χ2n) is 7.96. The van der Waals surface area contributed by atoms with E-state index in [2.05, 4.69) is 38.8 Å². The first-order valence-electron chi connectivity index (χ1n) is 10.8. The molecule has 1 aliphatic carbocycles. The van der Waals surface area contributed by atoms with E-state index in [9.17, 15) is 4.21 Å². The fraction of sp³-hybridized carbons (Fsp3) is 0.500. The molecule has 2 aromatic heterocycles. The number of thiazole rings is 1. The van der Waals surface area contributed by atoms with E-state index in [1.165, 1.54) is 5.56 Å². The van der Waals surface area contributed by atoms with Gasteiger partial charge in [-0.15, -0.1) is 21.5 Å². The van der Waals surface area contributed by atoms with Crippen LogP contribution in [0.2, 0.25) is 0 Å². The van der Waals surface area contributed by atoms with Gasteiger partial charge in [0.05, 0.1) is 23.5 Å². The molecular formula is C22H26N4O3S2. The topological polar surface area (TPSA) is 81.3 Å². The van der Waals surface area contributed by atoms with Gasteiger partial charge in [0.2, 0.25) is 11.8 Å². The van der Waals surface area contributed by atoms with E-state index in [4.69, 9.17) is 14.1 Å². The third-order valence-electron chi connectivity index (χ3n) is 5.94. The van der Waals surface area contributed by atoms with E-state index < -0.39 is 11.0 Å². The molecule has 0 amide bonds. The molecule has 0 spiro atoms. The summed E-state index contributed by atoms with van der Waals surface area (Å²) in [7, 11) is 0.801. The van der Waals surface area contributed by atoms with Crippen molar-refractivity contribution in [1.29, 1.82) is 0 Å². The van der Waals surface area contributed by atoms with E-state index in [1.807, 2.05) is 6.92 Å². The predicted octanol–water partition coefficient (Wildman–Crippen LogP) is 4.01. The molecule has 3 heterocycles. The maximum absolute atomic E-state index is 12.6. The Hall–Kier alpha value is -2.10. The lowest BCUT2D eigenvalue weighted by Crippen LogP contribution is -2.42. The van der Waals surface area contributed by atoms with E-state index in [-0.39, 0.29) is 5.25 Å². The second-order valence-corrected chi connectivity index (χ2v) is 10.8. The van der Waals surface area contributed by atoms with Crippen molar-refractivity contribution >= 4 is 32.5 Å². The van der Waals surface area contributed by atoms with E-state index in [0.717, 1.165) is 59.7 Å². The van der Waals surface area contributed by atoms with Gasteiger partial charge in [-0.05, 0) is 37.0 Å². The highest BCUT2D eigenvalue weighted by atomic mass is 32.2. The Kier molecular flexibility index (Phi) is 5.90. The Morgan fingerprint density at radius 1 is 1.23 bits per heavy atom. The second kappa shape index (κ2) is 8.80. The minimum atomic E-state index is -0.885. The van der Waals surface area contributed by atoms with Gasteiger partial charge in [0.1, 0.15) is 27.3 Å². The van der Waals surface area contributed by atoms with Crippen LogP contribution in [0.15, 0.2) is 28.7 Å². The summed E-state index contributed by atoms with van der Waals surface area (Å²) in [5, 5.41) is 9.22. The number of rotatable bonds is 7. The zero-order chi connectivity index (χ0) is 21.4. The van der Waals surface area contributed by atoms with Crippen LogP contribution in [0.5, 0.6) is 5.75 Å². The lowest BCUT2D eigenvalue weighted by Gasteiger charge is -2.33. The Balaban J connectivity index is 1.37. The maximum atomic E-state index is 12.6. The third-order valence-corrected chi connectivity index (χ3v) is 8.72. The SMILES string of the molecule is CCc1nnc(Cc2nc3c(OC)cc(C4C=CC(S(=O)N5CCC5)CC4)cc3s2)o1. The van der Waals surface area contributed by atoms with Crippen molar-refractivity contribution in [1.82, 2.24) is 19.5 Å². The molecule has 3 unspecified atom stereocenters. The summed E-state index contributed by atoms with van der Waals surface area (Å²) in [6.07, 6.45) is 8.72. The molecule has 0 saturated carbocycles. The van der Waals surface area contributed by atoms with Crippen molar-refractivity contribution in [2.24, 2.45) is 0 Å². The Morgan fingerprint density at radius 2 is 2.06 bits per heavy atom. The Labute approximate surface area is 188 Å². The minimum absolute atomic E-state index is 0.139. The molecule has 2 aliphatic rings. The van der Waals surface area contributed by atoms with Gasteiger partial charge < -0.3 is 9.15 Å². The predicted molar refractivity (Wildman–Crippen MR) is 122 cm³/mol. The molecule has 9 heteroatoms. The fourth-order valence-electron chi connectivity index (χ4n) is 4.04. The van der Waals surface area contributed by atoms with Crippen molar-refractivity contribution in [3.05, 3.63) is 46.6 Å². The lowest BCUT2D eigenvalue weighted by atomic mass is 9.89. The summed E-state index contributed by atoms with van der Waals surface area (Å²) >= 11 is 1.64. The van der Waals surface area contributed by atoms with E-state index in [0.29, 0.717) is 24.1 Å². The molecular weight excluding hydrogens is 432 g/mol. The molecule has 7 nitrogen and oxygen atoms in total. The van der Waals surface area contributed by atoms with Crippen LogP contribution in [0.4, 0.5) is 0 Å². The standard InChI is InChI=1S/C22H26N4O3S2/c1-3-19-24-25-20(29-19)13-21-23-22-17(28-2)11-15(12-18(22)30-21)14-5-7-16(8-6-14)31(27)26-9-4-10-26/h5,7,11-12,14,16H,3-4,6,8-10,13H2,1-2H3. The molecule has 3 aromatic rings. The number of nitrogens with zero attached hydrogens (tertiary/aromatic N) is 4. The summed E-state index contributed by atoms with van der Waals surface area (Å²) in [6.45, 7) is 3.92. The van der Waals surface area contributed by atoms with E-state index >= 15 is 0 Å². The van der Waals surface area contributed by atoms with Gasteiger partial charge in [-0.2, -0.15) is 0 Å². The van der Waals surface area contributed by atoms with Gasteiger partial charge in [-0.25, -0.2) is 13.5 Å². The number of fused-ring (bicyclic) bond motifs is 1. The van der Waals surface area contributed by atoms with Crippen molar-refractivity contribution in [2.45, 2.75) is 50.2 Å². The first-order chi connectivity index (χ1) is 15.1. The van der Waals surface area contributed by atoms with Gasteiger partial charge in [0.15, 0.2) is 0 Å².